The van der Waals surface area contributed by atoms with Gasteiger partial charge in [0.05, 0.1) is 11.2 Å². The largest absolute Gasteiger partial charge is 0.280 e. The predicted octanol–water partition coefficient (Wildman–Crippen LogP) is 5.94. The summed E-state index contributed by atoms with van der Waals surface area (Å²) in [6.45, 7) is 3.87. The summed E-state index contributed by atoms with van der Waals surface area (Å²) in [5.41, 5.74) is 5.85. The highest BCUT2D eigenvalue weighted by Gasteiger charge is 2.43. The zero-order valence-electron chi connectivity index (χ0n) is 18.3. The van der Waals surface area contributed by atoms with E-state index in [1.807, 2.05) is 6.20 Å². The Kier molecular flexibility index (Phi) is 6.06. The van der Waals surface area contributed by atoms with Crippen LogP contribution in [0, 0.1) is 0 Å². The molecule has 1 aliphatic rings. The summed E-state index contributed by atoms with van der Waals surface area (Å²) in [7, 11) is 0. The number of rotatable bonds is 6. The van der Waals surface area contributed by atoms with Crippen molar-refractivity contribution in [3.63, 3.8) is 0 Å². The third-order valence-electron chi connectivity index (χ3n) is 6.25. The van der Waals surface area contributed by atoms with Gasteiger partial charge >= 0.3 is 0 Å². The minimum Gasteiger partial charge on any atom is -0.280 e. The lowest BCUT2D eigenvalue weighted by atomic mass is 9.74. The van der Waals surface area contributed by atoms with Crippen LogP contribution in [0.5, 0.6) is 0 Å². The van der Waals surface area contributed by atoms with E-state index in [1.54, 1.807) is 11.8 Å². The van der Waals surface area contributed by atoms with Crippen LogP contribution >= 0.6 is 11.8 Å². The molecule has 5 rings (SSSR count). The molecule has 0 aliphatic carbocycles. The quantitative estimate of drug-likeness (QED) is 0.212. The highest BCUT2D eigenvalue weighted by Crippen LogP contribution is 2.44. The van der Waals surface area contributed by atoms with Crippen molar-refractivity contribution >= 4 is 11.8 Å². The molecule has 0 atom stereocenters. The van der Waals surface area contributed by atoms with Crippen molar-refractivity contribution in [1.29, 1.82) is 0 Å². The Morgan fingerprint density at radius 3 is 1.84 bits per heavy atom. The first-order valence-corrected chi connectivity index (χ1v) is 12.2. The van der Waals surface area contributed by atoms with Crippen LogP contribution in [0.4, 0.5) is 0 Å². The van der Waals surface area contributed by atoms with Crippen molar-refractivity contribution in [1.82, 2.24) is 14.9 Å². The number of benzene rings is 3. The second-order valence-corrected chi connectivity index (χ2v) is 9.27. The van der Waals surface area contributed by atoms with Crippen molar-refractivity contribution in [2.24, 2.45) is 0 Å². The molecule has 0 saturated carbocycles. The highest BCUT2D eigenvalue weighted by molar-refractivity contribution is 7.99. The van der Waals surface area contributed by atoms with Crippen LogP contribution in [0.15, 0.2) is 102 Å². The molecule has 0 saturated heterocycles. The van der Waals surface area contributed by atoms with E-state index in [2.05, 4.69) is 108 Å². The maximum atomic E-state index is 4.96. The first-order chi connectivity index (χ1) is 15.8. The van der Waals surface area contributed by atoms with Crippen LogP contribution in [-0.4, -0.2) is 27.2 Å². The van der Waals surface area contributed by atoms with Gasteiger partial charge in [0.2, 0.25) is 0 Å². The average Bonchev–Trinajstić information content (AvgIpc) is 2.87. The molecule has 1 aromatic heterocycles. The van der Waals surface area contributed by atoms with E-state index in [4.69, 9.17) is 4.98 Å². The summed E-state index contributed by atoms with van der Waals surface area (Å²) in [6.07, 6.45) is 2.98. The standard InChI is InChI=1S/C28H27N3S/c1-2-32-27-29-20-22-18-19-31(21-26(22)30-27)28(23-12-6-3-7-13-23,24-14-8-4-9-15-24)25-16-10-5-11-17-25/h3-17,20H,2,18-19,21H2,1H3. The Hall–Kier alpha value is -2.95. The van der Waals surface area contributed by atoms with Crippen molar-refractivity contribution < 1.29 is 0 Å². The van der Waals surface area contributed by atoms with Crippen LogP contribution in [0.2, 0.25) is 0 Å². The zero-order valence-corrected chi connectivity index (χ0v) is 19.1. The molecule has 4 aromatic rings. The van der Waals surface area contributed by atoms with E-state index >= 15 is 0 Å². The molecule has 3 nitrogen and oxygen atoms in total. The van der Waals surface area contributed by atoms with Gasteiger partial charge in [-0.2, -0.15) is 0 Å². The van der Waals surface area contributed by atoms with Gasteiger partial charge in [-0.15, -0.1) is 0 Å². The number of hydrogen-bond acceptors (Lipinski definition) is 4. The number of hydrogen-bond donors (Lipinski definition) is 0. The molecule has 0 bridgehead atoms. The van der Waals surface area contributed by atoms with Gasteiger partial charge in [0, 0.05) is 19.3 Å². The highest BCUT2D eigenvalue weighted by atomic mass is 32.2. The van der Waals surface area contributed by atoms with Gasteiger partial charge in [-0.25, -0.2) is 9.97 Å². The molecule has 0 N–H and O–H groups in total. The molecule has 0 amide bonds. The molecular formula is C28H27N3S. The normalized spacial score (nSPS) is 14.2. The first kappa shape index (κ1) is 20.9. The number of aromatic nitrogens is 2. The van der Waals surface area contributed by atoms with Gasteiger partial charge < -0.3 is 0 Å². The lowest BCUT2D eigenvalue weighted by Crippen LogP contribution is -2.50. The summed E-state index contributed by atoms with van der Waals surface area (Å²) < 4.78 is 0. The maximum absolute atomic E-state index is 4.96. The van der Waals surface area contributed by atoms with Gasteiger partial charge in [0.25, 0.3) is 0 Å². The van der Waals surface area contributed by atoms with Gasteiger partial charge in [-0.1, -0.05) is 110 Å². The molecular weight excluding hydrogens is 410 g/mol. The Labute approximate surface area is 194 Å². The topological polar surface area (TPSA) is 29.0 Å². The van der Waals surface area contributed by atoms with Crippen molar-refractivity contribution in [2.45, 2.75) is 30.6 Å². The third kappa shape index (κ3) is 3.74. The molecule has 2 heterocycles. The van der Waals surface area contributed by atoms with Crippen LogP contribution in [-0.2, 0) is 18.5 Å². The summed E-state index contributed by atoms with van der Waals surface area (Å²) in [5.74, 6) is 0.977. The monoisotopic (exact) mass is 437 g/mol. The second-order valence-electron chi connectivity index (χ2n) is 8.04. The average molecular weight is 438 g/mol. The molecule has 0 spiro atoms. The number of thioether (sulfide) groups is 1. The van der Waals surface area contributed by atoms with Crippen molar-refractivity contribution in [3.05, 3.63) is 125 Å². The minimum atomic E-state index is -0.398. The van der Waals surface area contributed by atoms with Crippen LogP contribution < -0.4 is 0 Å². The van der Waals surface area contributed by atoms with E-state index in [0.717, 1.165) is 36.1 Å². The van der Waals surface area contributed by atoms with E-state index in [9.17, 15) is 0 Å². The molecule has 32 heavy (non-hydrogen) atoms. The van der Waals surface area contributed by atoms with Gasteiger partial charge in [-0.05, 0) is 34.4 Å². The van der Waals surface area contributed by atoms with Crippen LogP contribution in [0.25, 0.3) is 0 Å². The fourth-order valence-electron chi connectivity index (χ4n) is 4.86. The molecule has 3 aromatic carbocycles. The minimum absolute atomic E-state index is 0.398. The summed E-state index contributed by atoms with van der Waals surface area (Å²) in [6, 6.07) is 32.7. The lowest BCUT2D eigenvalue weighted by molar-refractivity contribution is 0.136. The summed E-state index contributed by atoms with van der Waals surface area (Å²) >= 11 is 1.71. The molecule has 4 heteroatoms. The van der Waals surface area contributed by atoms with Gasteiger partial charge in [-0.3, -0.25) is 4.90 Å². The Morgan fingerprint density at radius 1 is 0.812 bits per heavy atom. The molecule has 1 aliphatic heterocycles. The summed E-state index contributed by atoms with van der Waals surface area (Å²) in [5, 5.41) is 0.873. The predicted molar refractivity (Wildman–Crippen MR) is 132 cm³/mol. The van der Waals surface area contributed by atoms with Crippen molar-refractivity contribution in [2.75, 3.05) is 12.3 Å². The first-order valence-electron chi connectivity index (χ1n) is 11.2. The Morgan fingerprint density at radius 2 is 1.34 bits per heavy atom. The Bertz CT molecular complexity index is 1070. The fraction of sp³-hybridized carbons (Fsp3) is 0.214. The van der Waals surface area contributed by atoms with E-state index in [0.29, 0.717) is 0 Å². The fourth-order valence-corrected chi connectivity index (χ4v) is 5.42. The molecule has 160 valence electrons. The van der Waals surface area contributed by atoms with Crippen molar-refractivity contribution in [3.8, 4) is 0 Å². The smallest absolute Gasteiger partial charge is 0.187 e. The lowest BCUT2D eigenvalue weighted by Gasteiger charge is -2.47. The SMILES string of the molecule is CCSc1ncc2c(n1)CN(C(c1ccccc1)(c1ccccc1)c1ccccc1)CC2. The molecule has 0 fully saturated rings. The van der Waals surface area contributed by atoms with Crippen LogP contribution in [0.1, 0.15) is 34.9 Å². The molecule has 0 unspecified atom stereocenters. The van der Waals surface area contributed by atoms with E-state index in [1.165, 1.54) is 22.3 Å². The summed E-state index contributed by atoms with van der Waals surface area (Å²) in [4.78, 5) is 12.1. The zero-order chi connectivity index (χ0) is 21.8. The third-order valence-corrected chi connectivity index (χ3v) is 6.99. The van der Waals surface area contributed by atoms with Gasteiger partial charge in [0.1, 0.15) is 0 Å². The number of nitrogens with zero attached hydrogens (tertiary/aromatic N) is 3. The second kappa shape index (κ2) is 9.27. The van der Waals surface area contributed by atoms with E-state index in [-0.39, 0.29) is 0 Å². The van der Waals surface area contributed by atoms with Gasteiger partial charge in [0.15, 0.2) is 5.16 Å². The van der Waals surface area contributed by atoms with Crippen LogP contribution in [0.3, 0.4) is 0 Å². The Balaban J connectivity index is 1.71. The maximum Gasteiger partial charge on any atom is 0.187 e. The molecule has 0 radical (unpaired) electrons. The van der Waals surface area contributed by atoms with E-state index < -0.39 is 5.54 Å². The number of fused-ring (bicyclic) bond motifs is 1.